The number of carbonyl (C=O) groups excluding carboxylic acids is 1. The Morgan fingerprint density at radius 2 is 2.06 bits per heavy atom. The van der Waals surface area contributed by atoms with E-state index in [9.17, 15) is 4.79 Å². The molecule has 1 aliphatic heterocycles. The van der Waals surface area contributed by atoms with Crippen molar-refractivity contribution in [3.8, 4) is 0 Å². The molecule has 4 nitrogen and oxygen atoms in total. The molecule has 1 atom stereocenters. The first-order valence-electron chi connectivity index (χ1n) is 6.31. The quantitative estimate of drug-likeness (QED) is 0.779. The van der Waals surface area contributed by atoms with Gasteiger partial charge in [-0.3, -0.25) is 4.79 Å². The van der Waals surface area contributed by atoms with Crippen LogP contribution in [0.4, 0.5) is 0 Å². The van der Waals surface area contributed by atoms with Gasteiger partial charge in [-0.15, -0.1) is 0 Å². The van der Waals surface area contributed by atoms with Gasteiger partial charge in [-0.2, -0.15) is 0 Å². The zero-order chi connectivity index (χ0) is 13.3. The molecule has 0 saturated carbocycles. The summed E-state index contributed by atoms with van der Waals surface area (Å²) in [5.41, 5.74) is 5.75. The Kier molecular flexibility index (Phi) is 4.38. The van der Waals surface area contributed by atoms with Crippen molar-refractivity contribution in [1.29, 1.82) is 0 Å². The van der Waals surface area contributed by atoms with Crippen molar-refractivity contribution >= 4 is 14.2 Å². The van der Waals surface area contributed by atoms with Crippen LogP contribution < -0.4 is 5.73 Å². The van der Waals surface area contributed by atoms with E-state index in [0.717, 1.165) is 0 Å². The van der Waals surface area contributed by atoms with Gasteiger partial charge in [0, 0.05) is 25.6 Å². The lowest BCUT2D eigenvalue weighted by molar-refractivity contribution is -0.128. The molecule has 5 heteroatoms. The SMILES string of the molecule is CC(C)(C)[Si](C)(C)OCCN1CC(N)CC1=O. The van der Waals surface area contributed by atoms with Crippen molar-refractivity contribution < 1.29 is 9.22 Å². The second-order valence-electron chi connectivity index (χ2n) is 6.41. The van der Waals surface area contributed by atoms with Crippen LogP contribution in [0.15, 0.2) is 0 Å². The Morgan fingerprint density at radius 3 is 2.47 bits per heavy atom. The van der Waals surface area contributed by atoms with Crippen LogP contribution in [0.5, 0.6) is 0 Å². The number of hydrogen-bond acceptors (Lipinski definition) is 3. The largest absolute Gasteiger partial charge is 0.415 e. The van der Waals surface area contributed by atoms with E-state index in [1.54, 1.807) is 0 Å². The highest BCUT2D eigenvalue weighted by molar-refractivity contribution is 6.74. The molecular weight excluding hydrogens is 232 g/mol. The van der Waals surface area contributed by atoms with Crippen molar-refractivity contribution in [2.75, 3.05) is 19.7 Å². The third kappa shape index (κ3) is 3.79. The van der Waals surface area contributed by atoms with E-state index in [-0.39, 0.29) is 17.0 Å². The Morgan fingerprint density at radius 1 is 1.47 bits per heavy atom. The molecule has 17 heavy (non-hydrogen) atoms. The number of carbonyl (C=O) groups is 1. The Balaban J connectivity index is 2.36. The number of hydrogen-bond donors (Lipinski definition) is 1. The van der Waals surface area contributed by atoms with E-state index in [2.05, 4.69) is 33.9 Å². The Labute approximate surface area is 106 Å². The fourth-order valence-corrected chi connectivity index (χ4v) is 2.68. The summed E-state index contributed by atoms with van der Waals surface area (Å²) >= 11 is 0. The van der Waals surface area contributed by atoms with Crippen molar-refractivity contribution in [3.05, 3.63) is 0 Å². The standard InChI is InChI=1S/C12H26N2O2Si/c1-12(2,3)17(4,5)16-7-6-14-9-10(13)8-11(14)15/h10H,6-9,13H2,1-5H3. The summed E-state index contributed by atoms with van der Waals surface area (Å²) in [6, 6.07) is 0.00960. The van der Waals surface area contributed by atoms with Gasteiger partial charge < -0.3 is 15.1 Å². The molecule has 1 amide bonds. The van der Waals surface area contributed by atoms with Gasteiger partial charge in [-0.05, 0) is 18.1 Å². The summed E-state index contributed by atoms with van der Waals surface area (Å²) in [4.78, 5) is 13.4. The van der Waals surface area contributed by atoms with E-state index in [0.29, 0.717) is 26.1 Å². The summed E-state index contributed by atoms with van der Waals surface area (Å²) in [5, 5.41) is 0.221. The smallest absolute Gasteiger partial charge is 0.224 e. The minimum absolute atomic E-state index is 0.00960. The highest BCUT2D eigenvalue weighted by atomic mass is 28.4. The number of nitrogens with zero attached hydrogens (tertiary/aromatic N) is 1. The maximum Gasteiger partial charge on any atom is 0.224 e. The highest BCUT2D eigenvalue weighted by Gasteiger charge is 2.37. The normalized spacial score (nSPS) is 22.4. The van der Waals surface area contributed by atoms with Crippen LogP contribution in [0.25, 0.3) is 0 Å². The first-order valence-corrected chi connectivity index (χ1v) is 9.21. The van der Waals surface area contributed by atoms with Crippen LogP contribution >= 0.6 is 0 Å². The van der Waals surface area contributed by atoms with Crippen molar-refractivity contribution in [3.63, 3.8) is 0 Å². The van der Waals surface area contributed by atoms with Gasteiger partial charge in [0.1, 0.15) is 0 Å². The van der Waals surface area contributed by atoms with Gasteiger partial charge >= 0.3 is 0 Å². The third-order valence-electron chi connectivity index (χ3n) is 3.87. The van der Waals surface area contributed by atoms with Gasteiger partial charge in [0.05, 0.1) is 6.61 Å². The van der Waals surface area contributed by atoms with Gasteiger partial charge in [-0.1, -0.05) is 20.8 Å². The molecule has 0 radical (unpaired) electrons. The first kappa shape index (κ1) is 14.7. The lowest BCUT2D eigenvalue weighted by atomic mass is 10.2. The number of rotatable bonds is 4. The molecule has 0 bridgehead atoms. The van der Waals surface area contributed by atoms with Crippen molar-refractivity contribution in [2.45, 2.75) is 51.4 Å². The van der Waals surface area contributed by atoms with Gasteiger partial charge in [0.2, 0.25) is 5.91 Å². The molecule has 0 spiro atoms. The highest BCUT2D eigenvalue weighted by Crippen LogP contribution is 2.36. The van der Waals surface area contributed by atoms with Crippen LogP contribution in [0.2, 0.25) is 18.1 Å². The molecular formula is C12H26N2O2Si. The van der Waals surface area contributed by atoms with Crippen LogP contribution in [0.3, 0.4) is 0 Å². The zero-order valence-electron chi connectivity index (χ0n) is 11.7. The third-order valence-corrected chi connectivity index (χ3v) is 8.41. The molecule has 0 aromatic heterocycles. The van der Waals surface area contributed by atoms with Crippen LogP contribution in [0.1, 0.15) is 27.2 Å². The van der Waals surface area contributed by atoms with Gasteiger partial charge in [0.25, 0.3) is 0 Å². The monoisotopic (exact) mass is 258 g/mol. The van der Waals surface area contributed by atoms with E-state index in [1.807, 2.05) is 4.90 Å². The summed E-state index contributed by atoms with van der Waals surface area (Å²) in [6.07, 6.45) is 0.486. The van der Waals surface area contributed by atoms with Crippen LogP contribution in [0, 0.1) is 0 Å². The number of likely N-dealkylation sites (tertiary alicyclic amines) is 1. The van der Waals surface area contributed by atoms with E-state index < -0.39 is 8.32 Å². The van der Waals surface area contributed by atoms with Crippen LogP contribution in [-0.2, 0) is 9.22 Å². The molecule has 1 saturated heterocycles. The number of amides is 1. The number of nitrogens with two attached hydrogens (primary N) is 1. The second-order valence-corrected chi connectivity index (χ2v) is 11.2. The fraction of sp³-hybridized carbons (Fsp3) is 0.917. The predicted molar refractivity (Wildman–Crippen MR) is 72.3 cm³/mol. The lowest BCUT2D eigenvalue weighted by Crippen LogP contribution is -2.43. The average molecular weight is 258 g/mol. The molecule has 100 valence electrons. The molecule has 1 heterocycles. The molecule has 1 fully saturated rings. The maximum absolute atomic E-state index is 11.5. The van der Waals surface area contributed by atoms with Gasteiger partial charge in [-0.25, -0.2) is 0 Å². The van der Waals surface area contributed by atoms with E-state index in [1.165, 1.54) is 0 Å². The minimum atomic E-state index is -1.69. The molecule has 1 aliphatic rings. The average Bonchev–Trinajstić information content (AvgIpc) is 2.43. The van der Waals surface area contributed by atoms with Gasteiger partial charge in [0.15, 0.2) is 8.32 Å². The molecule has 0 aliphatic carbocycles. The predicted octanol–water partition coefficient (Wildman–Crippen LogP) is 1.57. The summed E-state index contributed by atoms with van der Waals surface area (Å²) < 4.78 is 6.04. The lowest BCUT2D eigenvalue weighted by Gasteiger charge is -2.36. The fourth-order valence-electron chi connectivity index (χ4n) is 1.65. The zero-order valence-corrected chi connectivity index (χ0v) is 12.7. The maximum atomic E-state index is 11.5. The minimum Gasteiger partial charge on any atom is -0.415 e. The molecule has 2 N–H and O–H groups in total. The molecule has 0 aromatic rings. The Hall–Kier alpha value is -0.393. The summed E-state index contributed by atoms with van der Waals surface area (Å²) in [5.74, 6) is 0.163. The van der Waals surface area contributed by atoms with Crippen LogP contribution in [-0.4, -0.2) is 44.9 Å². The van der Waals surface area contributed by atoms with Crippen molar-refractivity contribution in [2.24, 2.45) is 5.73 Å². The van der Waals surface area contributed by atoms with Crippen molar-refractivity contribution in [1.82, 2.24) is 4.90 Å². The van der Waals surface area contributed by atoms with E-state index in [4.69, 9.17) is 10.2 Å². The summed E-state index contributed by atoms with van der Waals surface area (Å²) in [7, 11) is -1.69. The topological polar surface area (TPSA) is 55.6 Å². The van der Waals surface area contributed by atoms with E-state index >= 15 is 0 Å². The Bertz CT molecular complexity index is 287. The summed E-state index contributed by atoms with van der Waals surface area (Å²) in [6.45, 7) is 13.1. The molecule has 0 aromatic carbocycles. The molecule has 1 unspecified atom stereocenters. The second kappa shape index (κ2) is 5.08. The molecule has 1 rings (SSSR count). The first-order chi connectivity index (χ1) is 7.63.